The molecule has 2 aromatic heterocycles. The number of hydrogen-bond donors (Lipinski definition) is 1. The first-order valence-corrected chi connectivity index (χ1v) is 9.65. The standard InChI is InChI=1S/C22H19FN6O3/c1-4-27-11-15(9-24)21(31)28(22(27)32)12-19(30)26-20-18(10-25)13(2)14(3)29(20)17-7-5-16(23)6-8-17/h5-8,11H,4,12H2,1-3H3,(H,26,30). The number of amides is 1. The van der Waals surface area contributed by atoms with Gasteiger partial charge in [0, 0.05) is 24.1 Å². The normalized spacial score (nSPS) is 10.4. The molecule has 0 spiro atoms. The van der Waals surface area contributed by atoms with Crippen molar-refractivity contribution < 1.29 is 9.18 Å². The lowest BCUT2D eigenvalue weighted by Gasteiger charge is -2.14. The molecule has 0 bridgehead atoms. The molecule has 0 unspecified atom stereocenters. The van der Waals surface area contributed by atoms with Crippen molar-refractivity contribution in [1.29, 1.82) is 10.5 Å². The van der Waals surface area contributed by atoms with Crippen LogP contribution in [-0.4, -0.2) is 19.6 Å². The third kappa shape index (κ3) is 3.82. The number of nitrogens with one attached hydrogen (secondary N) is 1. The van der Waals surface area contributed by atoms with Crippen LogP contribution < -0.4 is 16.6 Å². The summed E-state index contributed by atoms with van der Waals surface area (Å²) in [4.78, 5) is 37.8. The van der Waals surface area contributed by atoms with Gasteiger partial charge in [0.1, 0.15) is 35.9 Å². The summed E-state index contributed by atoms with van der Waals surface area (Å²) in [7, 11) is 0. The van der Waals surface area contributed by atoms with Gasteiger partial charge in [0.2, 0.25) is 5.91 Å². The Hall–Kier alpha value is -4.44. The maximum Gasteiger partial charge on any atom is 0.331 e. The molecule has 0 saturated carbocycles. The molecule has 1 N–H and O–H groups in total. The highest BCUT2D eigenvalue weighted by atomic mass is 19.1. The van der Waals surface area contributed by atoms with Crippen LogP contribution in [0.4, 0.5) is 10.2 Å². The van der Waals surface area contributed by atoms with E-state index in [0.717, 1.165) is 10.8 Å². The lowest BCUT2D eigenvalue weighted by atomic mass is 10.2. The van der Waals surface area contributed by atoms with Crippen LogP contribution in [0.5, 0.6) is 0 Å². The summed E-state index contributed by atoms with van der Waals surface area (Å²) in [6.45, 7) is 4.68. The van der Waals surface area contributed by atoms with Crippen molar-refractivity contribution in [2.45, 2.75) is 33.9 Å². The number of anilines is 1. The predicted octanol–water partition coefficient (Wildman–Crippen LogP) is 1.96. The number of nitrogens with zero attached hydrogens (tertiary/aromatic N) is 5. The smallest absolute Gasteiger partial charge is 0.309 e. The topological polar surface area (TPSA) is 126 Å². The van der Waals surface area contributed by atoms with E-state index in [1.807, 2.05) is 6.07 Å². The van der Waals surface area contributed by atoms with Crippen molar-refractivity contribution in [2.75, 3.05) is 5.32 Å². The van der Waals surface area contributed by atoms with Crippen molar-refractivity contribution in [3.05, 3.63) is 79.5 Å². The van der Waals surface area contributed by atoms with E-state index in [9.17, 15) is 24.0 Å². The minimum Gasteiger partial charge on any atom is -0.309 e. The molecule has 2 heterocycles. The Kier molecular flexibility index (Phi) is 6.08. The van der Waals surface area contributed by atoms with E-state index in [2.05, 4.69) is 5.32 Å². The van der Waals surface area contributed by atoms with Crippen LogP contribution in [0.15, 0.2) is 40.1 Å². The second-order valence-corrected chi connectivity index (χ2v) is 7.02. The number of aromatic nitrogens is 3. The van der Waals surface area contributed by atoms with E-state index in [4.69, 9.17) is 5.26 Å². The summed E-state index contributed by atoms with van der Waals surface area (Å²) in [6.07, 6.45) is 1.15. The number of hydrogen-bond acceptors (Lipinski definition) is 5. The fraction of sp³-hybridized carbons (Fsp3) is 0.227. The third-order valence-electron chi connectivity index (χ3n) is 5.17. The molecule has 0 atom stereocenters. The highest BCUT2D eigenvalue weighted by molar-refractivity contribution is 5.92. The van der Waals surface area contributed by atoms with Gasteiger partial charge in [0.25, 0.3) is 5.56 Å². The Bertz CT molecular complexity index is 1410. The Balaban J connectivity index is 2.07. The van der Waals surface area contributed by atoms with Crippen molar-refractivity contribution in [3.8, 4) is 17.8 Å². The van der Waals surface area contributed by atoms with E-state index in [1.165, 1.54) is 24.3 Å². The summed E-state index contributed by atoms with van der Waals surface area (Å²) in [6, 6.07) is 9.27. The minimum atomic E-state index is -0.876. The van der Waals surface area contributed by atoms with Gasteiger partial charge in [-0.2, -0.15) is 10.5 Å². The van der Waals surface area contributed by atoms with Gasteiger partial charge in [-0.15, -0.1) is 0 Å². The molecule has 1 amide bonds. The molecule has 0 saturated heterocycles. The first kappa shape index (κ1) is 22.2. The monoisotopic (exact) mass is 434 g/mol. The molecule has 3 aromatic rings. The average Bonchev–Trinajstić information content (AvgIpc) is 3.01. The number of rotatable bonds is 5. The zero-order chi connectivity index (χ0) is 23.6. The Morgan fingerprint density at radius 2 is 1.78 bits per heavy atom. The molecule has 3 rings (SSSR count). The summed E-state index contributed by atoms with van der Waals surface area (Å²) in [5.74, 6) is -1.04. The zero-order valence-electron chi connectivity index (χ0n) is 17.6. The second kappa shape index (κ2) is 8.74. The third-order valence-corrected chi connectivity index (χ3v) is 5.17. The van der Waals surface area contributed by atoms with Gasteiger partial charge in [0.15, 0.2) is 0 Å². The quantitative estimate of drug-likeness (QED) is 0.657. The van der Waals surface area contributed by atoms with Crippen molar-refractivity contribution in [2.24, 2.45) is 0 Å². The Labute approximate surface area is 182 Å². The lowest BCUT2D eigenvalue weighted by molar-refractivity contribution is -0.116. The minimum absolute atomic E-state index is 0.138. The Morgan fingerprint density at radius 3 is 2.34 bits per heavy atom. The number of carbonyl (C=O) groups is 1. The van der Waals surface area contributed by atoms with Crippen LogP contribution in [0, 0.1) is 42.3 Å². The number of benzene rings is 1. The van der Waals surface area contributed by atoms with Gasteiger partial charge in [0.05, 0.1) is 5.56 Å². The Morgan fingerprint density at radius 1 is 1.12 bits per heavy atom. The number of carbonyl (C=O) groups excluding carboxylic acids is 1. The molecule has 0 fully saturated rings. The molecule has 0 aliphatic carbocycles. The van der Waals surface area contributed by atoms with Crippen LogP contribution in [0.1, 0.15) is 29.3 Å². The van der Waals surface area contributed by atoms with Gasteiger partial charge in [-0.05, 0) is 50.6 Å². The van der Waals surface area contributed by atoms with E-state index in [0.29, 0.717) is 21.5 Å². The van der Waals surface area contributed by atoms with Gasteiger partial charge >= 0.3 is 5.69 Å². The van der Waals surface area contributed by atoms with Crippen LogP contribution in [0.25, 0.3) is 5.69 Å². The average molecular weight is 434 g/mol. The van der Waals surface area contributed by atoms with Crippen molar-refractivity contribution >= 4 is 11.7 Å². The van der Waals surface area contributed by atoms with E-state index < -0.39 is 29.5 Å². The maximum atomic E-state index is 13.4. The highest BCUT2D eigenvalue weighted by Crippen LogP contribution is 2.30. The SMILES string of the molecule is CCn1cc(C#N)c(=O)n(CC(=O)Nc2c(C#N)c(C)c(C)n2-c2ccc(F)cc2)c1=O. The van der Waals surface area contributed by atoms with Gasteiger partial charge in [-0.1, -0.05) is 0 Å². The summed E-state index contributed by atoms with van der Waals surface area (Å²) in [5, 5.41) is 21.4. The van der Waals surface area contributed by atoms with Gasteiger partial charge in [-0.25, -0.2) is 13.8 Å². The molecular weight excluding hydrogens is 415 g/mol. The van der Waals surface area contributed by atoms with E-state index >= 15 is 0 Å². The fourth-order valence-corrected chi connectivity index (χ4v) is 3.39. The van der Waals surface area contributed by atoms with E-state index in [-0.39, 0.29) is 23.5 Å². The summed E-state index contributed by atoms with van der Waals surface area (Å²) in [5.41, 5.74) is 0.112. The second-order valence-electron chi connectivity index (χ2n) is 7.02. The molecule has 0 radical (unpaired) electrons. The molecule has 32 heavy (non-hydrogen) atoms. The number of nitriles is 2. The summed E-state index contributed by atoms with van der Waals surface area (Å²) >= 11 is 0. The van der Waals surface area contributed by atoms with Crippen LogP contribution in [0.3, 0.4) is 0 Å². The lowest BCUT2D eigenvalue weighted by Crippen LogP contribution is -2.43. The maximum absolute atomic E-state index is 13.4. The molecule has 0 aliphatic heterocycles. The molecule has 10 heteroatoms. The van der Waals surface area contributed by atoms with E-state index in [1.54, 1.807) is 31.4 Å². The molecule has 1 aromatic carbocycles. The molecule has 9 nitrogen and oxygen atoms in total. The van der Waals surface area contributed by atoms with Crippen molar-refractivity contribution in [1.82, 2.24) is 13.7 Å². The van der Waals surface area contributed by atoms with Crippen molar-refractivity contribution in [3.63, 3.8) is 0 Å². The van der Waals surface area contributed by atoms with Crippen LogP contribution in [-0.2, 0) is 17.9 Å². The molecular formula is C22H19FN6O3. The van der Waals surface area contributed by atoms with Gasteiger partial charge < -0.3 is 5.32 Å². The van der Waals surface area contributed by atoms with Crippen LogP contribution >= 0.6 is 0 Å². The molecule has 162 valence electrons. The highest BCUT2D eigenvalue weighted by Gasteiger charge is 2.22. The predicted molar refractivity (Wildman–Crippen MR) is 114 cm³/mol. The first-order chi connectivity index (χ1) is 15.2. The number of halogens is 1. The van der Waals surface area contributed by atoms with Crippen LogP contribution in [0.2, 0.25) is 0 Å². The van der Waals surface area contributed by atoms with Gasteiger partial charge in [-0.3, -0.25) is 18.7 Å². The zero-order valence-corrected chi connectivity index (χ0v) is 17.6. The molecule has 0 aliphatic rings. The largest absolute Gasteiger partial charge is 0.331 e. The fourth-order valence-electron chi connectivity index (χ4n) is 3.39. The number of aryl methyl sites for hydroxylation is 1. The first-order valence-electron chi connectivity index (χ1n) is 9.65. The summed E-state index contributed by atoms with van der Waals surface area (Å²) < 4.78 is 16.8.